The number of rotatable bonds is 7. The Morgan fingerprint density at radius 1 is 1.03 bits per heavy atom. The minimum absolute atomic E-state index is 0.121. The maximum atomic E-state index is 12.1. The Morgan fingerprint density at radius 2 is 1.83 bits per heavy atom. The molecule has 0 aliphatic carbocycles. The van der Waals surface area contributed by atoms with Crippen molar-refractivity contribution in [2.45, 2.75) is 34.2 Å². The molecule has 156 valence electrons. The van der Waals surface area contributed by atoms with Crippen LogP contribution in [0.2, 0.25) is 0 Å². The van der Waals surface area contributed by atoms with E-state index in [2.05, 4.69) is 15.6 Å². The van der Waals surface area contributed by atoms with Crippen molar-refractivity contribution in [1.29, 1.82) is 0 Å². The standard InChI is InChI=1S/C23H25N3O4/c1-14-5-6-15(2)20(9-14)30-22-8-7-18(12-25-22)11-24-21(27)13-26-23(28)19-10-16(3)29-17(19)4/h5-10,12H,11,13H2,1-4H3,(H,24,27)(H,26,28). The lowest BCUT2D eigenvalue weighted by Crippen LogP contribution is -2.36. The summed E-state index contributed by atoms with van der Waals surface area (Å²) in [5.74, 6) is 1.80. The highest BCUT2D eigenvalue weighted by Gasteiger charge is 2.14. The number of hydrogen-bond acceptors (Lipinski definition) is 5. The van der Waals surface area contributed by atoms with Gasteiger partial charge in [-0.2, -0.15) is 0 Å². The molecule has 0 spiro atoms. The first-order valence-corrected chi connectivity index (χ1v) is 9.64. The molecule has 7 heteroatoms. The second-order valence-corrected chi connectivity index (χ2v) is 7.16. The van der Waals surface area contributed by atoms with Gasteiger partial charge in [-0.15, -0.1) is 0 Å². The number of benzene rings is 1. The van der Waals surface area contributed by atoms with Gasteiger partial charge in [0.05, 0.1) is 12.1 Å². The monoisotopic (exact) mass is 407 g/mol. The Kier molecular flexibility index (Phi) is 6.51. The predicted molar refractivity (Wildman–Crippen MR) is 113 cm³/mol. The molecule has 0 saturated carbocycles. The van der Waals surface area contributed by atoms with Crippen molar-refractivity contribution in [3.63, 3.8) is 0 Å². The molecule has 30 heavy (non-hydrogen) atoms. The summed E-state index contributed by atoms with van der Waals surface area (Å²) in [6, 6.07) is 11.2. The summed E-state index contributed by atoms with van der Waals surface area (Å²) in [5, 5.41) is 5.34. The quantitative estimate of drug-likeness (QED) is 0.622. The lowest BCUT2D eigenvalue weighted by atomic mass is 10.1. The Labute approximate surface area is 175 Å². The minimum atomic E-state index is -0.339. The van der Waals surface area contributed by atoms with Gasteiger partial charge in [-0.1, -0.05) is 18.2 Å². The Morgan fingerprint density at radius 3 is 2.50 bits per heavy atom. The van der Waals surface area contributed by atoms with Crippen LogP contribution < -0.4 is 15.4 Å². The fraction of sp³-hybridized carbons (Fsp3) is 0.261. The van der Waals surface area contributed by atoms with E-state index in [1.165, 1.54) is 0 Å². The number of nitrogens with one attached hydrogen (secondary N) is 2. The van der Waals surface area contributed by atoms with Crippen LogP contribution in [0, 0.1) is 27.7 Å². The molecule has 0 aliphatic heterocycles. The van der Waals surface area contributed by atoms with E-state index in [4.69, 9.17) is 9.15 Å². The molecule has 0 aliphatic rings. The number of amides is 2. The summed E-state index contributed by atoms with van der Waals surface area (Å²) in [6.07, 6.45) is 1.65. The number of carbonyl (C=O) groups is 2. The number of furan rings is 1. The third-order valence-corrected chi connectivity index (χ3v) is 4.54. The molecule has 0 unspecified atom stereocenters. The van der Waals surface area contributed by atoms with E-state index in [1.54, 1.807) is 32.2 Å². The first kappa shape index (κ1) is 21.1. The van der Waals surface area contributed by atoms with Gasteiger partial charge < -0.3 is 19.8 Å². The molecule has 0 saturated heterocycles. The maximum Gasteiger partial charge on any atom is 0.255 e. The molecule has 3 aromatic rings. The van der Waals surface area contributed by atoms with E-state index >= 15 is 0 Å². The van der Waals surface area contributed by atoms with Gasteiger partial charge >= 0.3 is 0 Å². The Bertz CT molecular complexity index is 1050. The van der Waals surface area contributed by atoms with Crippen molar-refractivity contribution in [2.75, 3.05) is 6.54 Å². The van der Waals surface area contributed by atoms with E-state index < -0.39 is 0 Å². The van der Waals surface area contributed by atoms with Gasteiger partial charge in [0.1, 0.15) is 17.3 Å². The largest absolute Gasteiger partial charge is 0.466 e. The number of aromatic nitrogens is 1. The van der Waals surface area contributed by atoms with Crippen LogP contribution in [0.5, 0.6) is 11.6 Å². The molecule has 0 bridgehead atoms. The highest BCUT2D eigenvalue weighted by molar-refractivity contribution is 5.97. The summed E-state index contributed by atoms with van der Waals surface area (Å²) in [6.45, 7) is 7.64. The van der Waals surface area contributed by atoms with Crippen molar-refractivity contribution >= 4 is 11.8 Å². The van der Waals surface area contributed by atoms with E-state index in [0.717, 1.165) is 22.4 Å². The molecule has 0 atom stereocenters. The topological polar surface area (TPSA) is 93.5 Å². The van der Waals surface area contributed by atoms with Gasteiger partial charge in [-0.3, -0.25) is 9.59 Å². The smallest absolute Gasteiger partial charge is 0.255 e. The number of carbonyl (C=O) groups excluding carboxylic acids is 2. The second kappa shape index (κ2) is 9.26. The zero-order valence-electron chi connectivity index (χ0n) is 17.5. The van der Waals surface area contributed by atoms with E-state index in [0.29, 0.717) is 29.5 Å². The fourth-order valence-corrected chi connectivity index (χ4v) is 2.88. The van der Waals surface area contributed by atoms with Gasteiger partial charge in [0, 0.05) is 18.8 Å². The fourth-order valence-electron chi connectivity index (χ4n) is 2.88. The van der Waals surface area contributed by atoms with Crippen molar-refractivity contribution in [1.82, 2.24) is 15.6 Å². The average molecular weight is 407 g/mol. The predicted octanol–water partition coefficient (Wildman–Crippen LogP) is 3.75. The molecule has 0 radical (unpaired) electrons. The molecule has 0 fully saturated rings. The van der Waals surface area contributed by atoms with Gasteiger partial charge in [0.15, 0.2) is 0 Å². The van der Waals surface area contributed by atoms with Crippen LogP contribution in [0.15, 0.2) is 47.0 Å². The first-order chi connectivity index (χ1) is 14.3. The van der Waals surface area contributed by atoms with Crippen molar-refractivity contribution in [2.24, 2.45) is 0 Å². The molecule has 1 aromatic carbocycles. The molecular weight excluding hydrogens is 382 g/mol. The van der Waals surface area contributed by atoms with Gasteiger partial charge in [-0.25, -0.2) is 4.98 Å². The summed E-state index contributed by atoms with van der Waals surface area (Å²) < 4.78 is 11.2. The summed E-state index contributed by atoms with van der Waals surface area (Å²) in [5.41, 5.74) is 3.40. The second-order valence-electron chi connectivity index (χ2n) is 7.16. The molecule has 2 aromatic heterocycles. The van der Waals surface area contributed by atoms with Crippen LogP contribution in [0.25, 0.3) is 0 Å². The Hall–Kier alpha value is -3.61. The highest BCUT2D eigenvalue weighted by atomic mass is 16.5. The van der Waals surface area contributed by atoms with Crippen LogP contribution in [0.3, 0.4) is 0 Å². The average Bonchev–Trinajstić information content (AvgIpc) is 3.06. The van der Waals surface area contributed by atoms with Gasteiger partial charge in [0.25, 0.3) is 5.91 Å². The lowest BCUT2D eigenvalue weighted by Gasteiger charge is -2.10. The maximum absolute atomic E-state index is 12.1. The first-order valence-electron chi connectivity index (χ1n) is 9.64. The third kappa shape index (κ3) is 5.47. The van der Waals surface area contributed by atoms with Crippen LogP contribution >= 0.6 is 0 Å². The van der Waals surface area contributed by atoms with E-state index in [-0.39, 0.29) is 18.4 Å². The highest BCUT2D eigenvalue weighted by Crippen LogP contribution is 2.24. The molecular formula is C23H25N3O4. The minimum Gasteiger partial charge on any atom is -0.466 e. The van der Waals surface area contributed by atoms with Crippen molar-refractivity contribution in [3.8, 4) is 11.6 Å². The zero-order valence-corrected chi connectivity index (χ0v) is 17.5. The van der Waals surface area contributed by atoms with E-state index in [1.807, 2.05) is 38.1 Å². The van der Waals surface area contributed by atoms with Crippen LogP contribution in [0.4, 0.5) is 0 Å². The molecule has 2 amide bonds. The van der Waals surface area contributed by atoms with Gasteiger partial charge in [-0.05, 0) is 56.5 Å². The van der Waals surface area contributed by atoms with Crippen LogP contribution in [0.1, 0.15) is 38.6 Å². The number of ether oxygens (including phenoxy) is 1. The molecule has 2 heterocycles. The molecule has 7 nitrogen and oxygen atoms in total. The van der Waals surface area contributed by atoms with Crippen molar-refractivity contribution < 1.29 is 18.7 Å². The molecule has 3 rings (SSSR count). The lowest BCUT2D eigenvalue weighted by molar-refractivity contribution is -0.120. The van der Waals surface area contributed by atoms with Crippen LogP contribution in [-0.2, 0) is 11.3 Å². The normalized spacial score (nSPS) is 10.5. The summed E-state index contributed by atoms with van der Waals surface area (Å²) in [4.78, 5) is 28.4. The van der Waals surface area contributed by atoms with Crippen LogP contribution in [-0.4, -0.2) is 23.3 Å². The zero-order chi connectivity index (χ0) is 21.7. The SMILES string of the molecule is Cc1ccc(C)c(Oc2ccc(CNC(=O)CNC(=O)c3cc(C)oc3C)cn2)c1. The van der Waals surface area contributed by atoms with E-state index in [9.17, 15) is 9.59 Å². The number of hydrogen-bond donors (Lipinski definition) is 2. The summed E-state index contributed by atoms with van der Waals surface area (Å²) in [7, 11) is 0. The molecule has 2 N–H and O–H groups in total. The summed E-state index contributed by atoms with van der Waals surface area (Å²) >= 11 is 0. The number of pyridine rings is 1. The Balaban J connectivity index is 1.47. The number of nitrogens with zero attached hydrogens (tertiary/aromatic N) is 1. The van der Waals surface area contributed by atoms with Crippen molar-refractivity contribution in [3.05, 3.63) is 76.4 Å². The van der Waals surface area contributed by atoms with Gasteiger partial charge in [0.2, 0.25) is 11.8 Å². The number of aryl methyl sites for hydroxylation is 4. The third-order valence-electron chi connectivity index (χ3n) is 4.54.